The lowest BCUT2D eigenvalue weighted by molar-refractivity contribution is 0.171. The highest BCUT2D eigenvalue weighted by molar-refractivity contribution is 5.55. The van der Waals surface area contributed by atoms with Gasteiger partial charge in [-0.2, -0.15) is 5.26 Å². The lowest BCUT2D eigenvalue weighted by atomic mass is 9.87. The predicted molar refractivity (Wildman–Crippen MR) is 72.4 cm³/mol. The van der Waals surface area contributed by atoms with E-state index in [-0.39, 0.29) is 5.92 Å². The van der Waals surface area contributed by atoms with Gasteiger partial charge in [-0.3, -0.25) is 0 Å². The van der Waals surface area contributed by atoms with Crippen LogP contribution in [0.25, 0.3) is 0 Å². The number of rotatable bonds is 2. The van der Waals surface area contributed by atoms with Gasteiger partial charge in [0.1, 0.15) is 13.2 Å². The number of nitrogens with zero attached hydrogens (tertiary/aromatic N) is 1. The average Bonchev–Trinajstić information content (AvgIpc) is 2.48. The van der Waals surface area contributed by atoms with Crippen LogP contribution in [0.2, 0.25) is 0 Å². The number of fused-ring (bicyclic) bond motifs is 1. The van der Waals surface area contributed by atoms with Crippen molar-refractivity contribution in [2.75, 3.05) is 18.5 Å². The Balaban J connectivity index is 1.63. The van der Waals surface area contributed by atoms with Crippen LogP contribution in [-0.4, -0.2) is 19.3 Å². The summed E-state index contributed by atoms with van der Waals surface area (Å²) in [6.45, 7) is 1.24. The largest absolute Gasteiger partial charge is 0.486 e. The first kappa shape index (κ1) is 12.2. The molecule has 1 N–H and O–H groups in total. The number of nitrogens with one attached hydrogen (secondary N) is 1. The highest BCUT2D eigenvalue weighted by Crippen LogP contribution is 2.34. The fraction of sp³-hybridized carbons (Fsp3) is 0.533. The highest BCUT2D eigenvalue weighted by atomic mass is 16.6. The minimum absolute atomic E-state index is 0.248. The van der Waals surface area contributed by atoms with Gasteiger partial charge in [-0.25, -0.2) is 0 Å². The number of benzene rings is 1. The standard InChI is InChI=1S/C15H18N2O2/c16-10-11-1-3-12(4-2-11)17-13-5-6-14-15(9-13)19-8-7-18-14/h5-6,9,11-12,17H,1-4,7-8H2. The molecule has 19 heavy (non-hydrogen) atoms. The molecule has 4 nitrogen and oxygen atoms in total. The fourth-order valence-electron chi connectivity index (χ4n) is 2.74. The van der Waals surface area contributed by atoms with Crippen LogP contribution < -0.4 is 14.8 Å². The Morgan fingerprint density at radius 1 is 1.05 bits per heavy atom. The lowest BCUT2D eigenvalue weighted by Crippen LogP contribution is -2.25. The number of hydrogen-bond acceptors (Lipinski definition) is 4. The van der Waals surface area contributed by atoms with Crippen LogP contribution in [0.1, 0.15) is 25.7 Å². The molecule has 1 aromatic carbocycles. The van der Waals surface area contributed by atoms with Crippen molar-refractivity contribution in [3.05, 3.63) is 18.2 Å². The summed E-state index contributed by atoms with van der Waals surface area (Å²) in [5.74, 6) is 1.89. The molecule has 3 rings (SSSR count). The Kier molecular flexibility index (Phi) is 3.45. The van der Waals surface area contributed by atoms with Crippen molar-refractivity contribution in [1.29, 1.82) is 5.26 Å². The molecule has 100 valence electrons. The van der Waals surface area contributed by atoms with E-state index in [9.17, 15) is 0 Å². The molecule has 0 aromatic heterocycles. The van der Waals surface area contributed by atoms with Gasteiger partial charge < -0.3 is 14.8 Å². The van der Waals surface area contributed by atoms with E-state index in [0.29, 0.717) is 19.3 Å². The molecule has 1 aliphatic carbocycles. The van der Waals surface area contributed by atoms with Crippen molar-refractivity contribution < 1.29 is 9.47 Å². The van der Waals surface area contributed by atoms with Crippen molar-refractivity contribution >= 4 is 5.69 Å². The molecular weight excluding hydrogens is 240 g/mol. The molecule has 1 aliphatic heterocycles. The van der Waals surface area contributed by atoms with E-state index in [1.807, 2.05) is 18.2 Å². The Labute approximate surface area is 113 Å². The first-order valence-corrected chi connectivity index (χ1v) is 6.91. The number of anilines is 1. The van der Waals surface area contributed by atoms with Crippen molar-refractivity contribution in [3.63, 3.8) is 0 Å². The smallest absolute Gasteiger partial charge is 0.163 e. The number of nitriles is 1. The molecule has 1 fully saturated rings. The predicted octanol–water partition coefficient (Wildman–Crippen LogP) is 2.95. The molecule has 0 amide bonds. The second-order valence-corrected chi connectivity index (χ2v) is 5.18. The van der Waals surface area contributed by atoms with Gasteiger partial charge in [-0.05, 0) is 37.8 Å². The second-order valence-electron chi connectivity index (χ2n) is 5.18. The Morgan fingerprint density at radius 2 is 1.79 bits per heavy atom. The maximum atomic E-state index is 8.90. The summed E-state index contributed by atoms with van der Waals surface area (Å²) >= 11 is 0. The topological polar surface area (TPSA) is 54.3 Å². The summed E-state index contributed by atoms with van der Waals surface area (Å²) in [6.07, 6.45) is 4.12. The van der Waals surface area contributed by atoms with Crippen molar-refractivity contribution in [1.82, 2.24) is 0 Å². The number of hydrogen-bond donors (Lipinski definition) is 1. The highest BCUT2D eigenvalue weighted by Gasteiger charge is 2.21. The van der Waals surface area contributed by atoms with Crippen LogP contribution in [0.15, 0.2) is 18.2 Å². The molecule has 0 saturated heterocycles. The monoisotopic (exact) mass is 258 g/mol. The Morgan fingerprint density at radius 3 is 2.53 bits per heavy atom. The first-order chi connectivity index (χ1) is 9.35. The molecule has 0 unspecified atom stereocenters. The zero-order chi connectivity index (χ0) is 13.1. The van der Waals surface area contributed by atoms with Gasteiger partial charge >= 0.3 is 0 Å². The Bertz CT molecular complexity index is 487. The number of ether oxygens (including phenoxy) is 2. The molecule has 2 aliphatic rings. The molecule has 1 saturated carbocycles. The molecule has 0 bridgehead atoms. The van der Waals surface area contributed by atoms with Gasteiger partial charge in [-0.1, -0.05) is 0 Å². The van der Waals surface area contributed by atoms with E-state index in [1.54, 1.807) is 0 Å². The maximum absolute atomic E-state index is 8.90. The summed E-state index contributed by atoms with van der Waals surface area (Å²) in [5.41, 5.74) is 1.07. The molecule has 0 atom stereocenters. The van der Waals surface area contributed by atoms with Gasteiger partial charge in [-0.15, -0.1) is 0 Å². The zero-order valence-electron chi connectivity index (χ0n) is 10.9. The van der Waals surface area contributed by atoms with E-state index >= 15 is 0 Å². The van der Waals surface area contributed by atoms with Crippen LogP contribution in [0, 0.1) is 17.2 Å². The third-order valence-electron chi connectivity index (χ3n) is 3.82. The van der Waals surface area contributed by atoms with Crippen LogP contribution in [-0.2, 0) is 0 Å². The summed E-state index contributed by atoms with van der Waals surface area (Å²) in [4.78, 5) is 0. The zero-order valence-corrected chi connectivity index (χ0v) is 10.9. The summed E-state index contributed by atoms with van der Waals surface area (Å²) in [7, 11) is 0. The van der Waals surface area contributed by atoms with E-state index < -0.39 is 0 Å². The molecule has 4 heteroatoms. The van der Waals surface area contributed by atoms with E-state index in [1.165, 1.54) is 0 Å². The van der Waals surface area contributed by atoms with Gasteiger partial charge in [0.2, 0.25) is 0 Å². The second kappa shape index (κ2) is 5.40. The average molecular weight is 258 g/mol. The van der Waals surface area contributed by atoms with Crippen molar-refractivity contribution in [2.24, 2.45) is 5.92 Å². The Hall–Kier alpha value is -1.89. The fourth-order valence-corrected chi connectivity index (χ4v) is 2.74. The van der Waals surface area contributed by atoms with Gasteiger partial charge in [0, 0.05) is 23.7 Å². The first-order valence-electron chi connectivity index (χ1n) is 6.91. The van der Waals surface area contributed by atoms with E-state index in [0.717, 1.165) is 42.9 Å². The van der Waals surface area contributed by atoms with Crippen molar-refractivity contribution in [2.45, 2.75) is 31.7 Å². The van der Waals surface area contributed by atoms with Gasteiger partial charge in [0.05, 0.1) is 6.07 Å². The van der Waals surface area contributed by atoms with Crippen LogP contribution in [0.4, 0.5) is 5.69 Å². The van der Waals surface area contributed by atoms with Gasteiger partial charge in [0.15, 0.2) is 11.5 Å². The van der Waals surface area contributed by atoms with Crippen LogP contribution in [0.5, 0.6) is 11.5 Å². The molecule has 0 radical (unpaired) electrons. The van der Waals surface area contributed by atoms with Gasteiger partial charge in [0.25, 0.3) is 0 Å². The maximum Gasteiger partial charge on any atom is 0.163 e. The quantitative estimate of drug-likeness (QED) is 0.886. The molecular formula is C15H18N2O2. The molecule has 1 heterocycles. The lowest BCUT2D eigenvalue weighted by Gasteiger charge is -2.27. The van der Waals surface area contributed by atoms with Crippen molar-refractivity contribution in [3.8, 4) is 17.6 Å². The normalized spacial score (nSPS) is 25.4. The molecule has 1 aromatic rings. The van der Waals surface area contributed by atoms with E-state index in [4.69, 9.17) is 14.7 Å². The summed E-state index contributed by atoms with van der Waals surface area (Å²) in [5, 5.41) is 12.4. The summed E-state index contributed by atoms with van der Waals surface area (Å²) < 4.78 is 11.1. The van der Waals surface area contributed by atoms with E-state index in [2.05, 4.69) is 11.4 Å². The molecule has 0 spiro atoms. The minimum atomic E-state index is 0.248. The minimum Gasteiger partial charge on any atom is -0.486 e. The third kappa shape index (κ3) is 2.76. The third-order valence-corrected chi connectivity index (χ3v) is 3.82. The van der Waals surface area contributed by atoms with Crippen LogP contribution in [0.3, 0.4) is 0 Å². The van der Waals surface area contributed by atoms with Crippen LogP contribution >= 0.6 is 0 Å². The SMILES string of the molecule is N#CC1CCC(Nc2ccc3c(c2)OCCO3)CC1. The summed E-state index contributed by atoms with van der Waals surface area (Å²) in [6, 6.07) is 8.82.